The third-order valence-corrected chi connectivity index (χ3v) is 5.89. The average molecular weight is 416 g/mol. The highest BCUT2D eigenvalue weighted by Crippen LogP contribution is 2.48. The minimum Gasteiger partial charge on any atom is -0.340 e. The summed E-state index contributed by atoms with van der Waals surface area (Å²) < 4.78 is 2.29. The van der Waals surface area contributed by atoms with Gasteiger partial charge in [-0.3, -0.25) is 28.8 Å². The predicted octanol–water partition coefficient (Wildman–Crippen LogP) is 2.16. The number of carbonyl (C=O) groups excluding carboxylic acids is 1. The molecular weight excluding hydrogens is 400 g/mol. The molecule has 0 saturated carbocycles. The van der Waals surface area contributed by atoms with Crippen LogP contribution >= 0.6 is 0 Å². The van der Waals surface area contributed by atoms with Crippen molar-refractivity contribution in [3.63, 3.8) is 0 Å². The van der Waals surface area contributed by atoms with Crippen LogP contribution in [-0.2, 0) is 14.1 Å². The Morgan fingerprint density at radius 3 is 2.39 bits per heavy atom. The average Bonchev–Trinajstić information content (AvgIpc) is 3.07. The van der Waals surface area contributed by atoms with E-state index in [2.05, 4.69) is 5.32 Å². The minimum absolute atomic E-state index is 0.149. The third kappa shape index (κ3) is 2.46. The van der Waals surface area contributed by atoms with Gasteiger partial charge < -0.3 is 5.32 Å². The number of aromatic nitrogens is 2. The largest absolute Gasteiger partial charge is 0.340 e. The van der Waals surface area contributed by atoms with Crippen molar-refractivity contribution in [3.8, 4) is 0 Å². The highest BCUT2D eigenvalue weighted by atomic mass is 16.6. The molecule has 0 amide bonds. The van der Waals surface area contributed by atoms with Crippen LogP contribution in [0.25, 0.3) is 5.70 Å². The summed E-state index contributed by atoms with van der Waals surface area (Å²) in [6.45, 7) is 0. The number of ketones is 1. The first-order chi connectivity index (χ1) is 14.8. The minimum atomic E-state index is -0.864. The van der Waals surface area contributed by atoms with Gasteiger partial charge in [0.05, 0.1) is 16.2 Å². The van der Waals surface area contributed by atoms with Crippen molar-refractivity contribution in [1.82, 2.24) is 9.13 Å². The molecule has 9 heteroatoms. The molecule has 2 aromatic carbocycles. The van der Waals surface area contributed by atoms with E-state index >= 15 is 0 Å². The number of allylic oxidation sites excluding steroid dienone is 1. The second kappa shape index (κ2) is 6.36. The maximum Gasteiger partial charge on any atom is 0.332 e. The molecule has 0 unspecified atom stereocenters. The van der Waals surface area contributed by atoms with Gasteiger partial charge in [-0.1, -0.05) is 36.4 Å². The van der Waals surface area contributed by atoms with Gasteiger partial charge in [0, 0.05) is 48.8 Å². The fourth-order valence-corrected chi connectivity index (χ4v) is 4.41. The molecule has 0 bridgehead atoms. The Hall–Kier alpha value is -4.27. The van der Waals surface area contributed by atoms with Crippen LogP contribution in [0.15, 0.2) is 63.7 Å². The van der Waals surface area contributed by atoms with E-state index in [0.29, 0.717) is 28.0 Å². The van der Waals surface area contributed by atoms with Gasteiger partial charge in [-0.25, -0.2) is 4.79 Å². The Kier molecular flexibility index (Phi) is 3.85. The zero-order valence-electron chi connectivity index (χ0n) is 16.6. The first-order valence-electron chi connectivity index (χ1n) is 9.50. The molecule has 5 rings (SSSR count). The standard InChI is InChI=1S/C22H16N4O5/c1-24-20-17(21(28)25(2)22(24)29)15(11-6-5-7-12(10-11)26(30)31)16-18(23-20)13-8-3-4-9-14(13)19(16)27/h3-10,15,23H,1-2H3/t15-/m0/s1. The summed E-state index contributed by atoms with van der Waals surface area (Å²) in [5.74, 6) is -0.847. The monoisotopic (exact) mass is 416 g/mol. The first kappa shape index (κ1) is 18.7. The SMILES string of the molecule is Cn1c2c(c(=O)n(C)c1=O)[C@@H](c1cccc([N+](=O)[O-])c1)C1=C(N2)c2ccccc2C1=O. The van der Waals surface area contributed by atoms with E-state index in [1.54, 1.807) is 30.3 Å². The summed E-state index contributed by atoms with van der Waals surface area (Å²) >= 11 is 0. The predicted molar refractivity (Wildman–Crippen MR) is 113 cm³/mol. The summed E-state index contributed by atoms with van der Waals surface area (Å²) in [7, 11) is 2.90. The normalized spacial score (nSPS) is 16.5. The second-order valence-corrected chi connectivity index (χ2v) is 7.54. The lowest BCUT2D eigenvalue weighted by Crippen LogP contribution is -2.42. The number of nitrogens with zero attached hydrogens (tertiary/aromatic N) is 3. The van der Waals surface area contributed by atoms with E-state index in [-0.39, 0.29) is 22.9 Å². The summed E-state index contributed by atoms with van der Waals surface area (Å²) in [5.41, 5.74) is 1.39. The lowest BCUT2D eigenvalue weighted by molar-refractivity contribution is -0.384. The van der Waals surface area contributed by atoms with E-state index in [4.69, 9.17) is 0 Å². The Labute approximate surface area is 175 Å². The van der Waals surface area contributed by atoms with Crippen LogP contribution in [0.3, 0.4) is 0 Å². The molecular formula is C22H16N4O5. The number of non-ortho nitro benzene ring substituents is 1. The number of benzene rings is 2. The smallest absolute Gasteiger partial charge is 0.332 e. The molecule has 1 atom stereocenters. The quantitative estimate of drug-likeness (QED) is 0.506. The number of hydrogen-bond donors (Lipinski definition) is 1. The topological polar surface area (TPSA) is 116 Å². The van der Waals surface area contributed by atoms with Gasteiger partial charge in [0.15, 0.2) is 5.78 Å². The van der Waals surface area contributed by atoms with Gasteiger partial charge in [-0.15, -0.1) is 0 Å². The summed E-state index contributed by atoms with van der Waals surface area (Å²) in [5, 5.41) is 14.5. The Morgan fingerprint density at radius 2 is 1.68 bits per heavy atom. The molecule has 0 saturated heterocycles. The molecule has 2 aliphatic rings. The highest BCUT2D eigenvalue weighted by Gasteiger charge is 2.42. The van der Waals surface area contributed by atoms with E-state index in [9.17, 15) is 24.5 Å². The maximum absolute atomic E-state index is 13.4. The van der Waals surface area contributed by atoms with Gasteiger partial charge >= 0.3 is 5.69 Å². The van der Waals surface area contributed by atoms with Crippen molar-refractivity contribution in [1.29, 1.82) is 0 Å². The number of hydrogen-bond acceptors (Lipinski definition) is 6. The van der Waals surface area contributed by atoms with Crippen molar-refractivity contribution in [2.75, 3.05) is 5.32 Å². The summed E-state index contributed by atoms with van der Waals surface area (Å²) in [6.07, 6.45) is 0. The van der Waals surface area contributed by atoms with Gasteiger partial charge in [0.25, 0.3) is 11.2 Å². The van der Waals surface area contributed by atoms with Crippen LogP contribution in [0.2, 0.25) is 0 Å². The molecule has 0 spiro atoms. The molecule has 2 heterocycles. The molecule has 1 N–H and O–H groups in total. The van der Waals surface area contributed by atoms with Crippen molar-refractivity contribution >= 4 is 23.0 Å². The van der Waals surface area contributed by atoms with Gasteiger partial charge in [-0.05, 0) is 5.56 Å². The highest BCUT2D eigenvalue weighted by molar-refractivity contribution is 6.23. The first-order valence-corrected chi connectivity index (χ1v) is 9.50. The lowest BCUT2D eigenvalue weighted by atomic mass is 9.81. The molecule has 9 nitrogen and oxygen atoms in total. The zero-order chi connectivity index (χ0) is 22.0. The molecule has 1 aliphatic heterocycles. The molecule has 1 aromatic heterocycles. The van der Waals surface area contributed by atoms with Crippen LogP contribution in [0.1, 0.15) is 33.0 Å². The van der Waals surface area contributed by atoms with Gasteiger partial charge in [0.2, 0.25) is 0 Å². The fraction of sp³-hybridized carbons (Fsp3) is 0.136. The summed E-state index contributed by atoms with van der Waals surface area (Å²) in [6, 6.07) is 12.9. The molecule has 0 radical (unpaired) electrons. The number of nitro benzene ring substituents is 1. The molecule has 0 fully saturated rings. The number of nitrogens with one attached hydrogen (secondary N) is 1. The van der Waals surface area contributed by atoms with Crippen LogP contribution in [0, 0.1) is 10.1 Å². The van der Waals surface area contributed by atoms with Crippen LogP contribution in [-0.4, -0.2) is 19.8 Å². The maximum atomic E-state index is 13.4. The van der Waals surface area contributed by atoms with E-state index < -0.39 is 22.1 Å². The Balaban J connectivity index is 1.89. The summed E-state index contributed by atoms with van der Waals surface area (Å²) in [4.78, 5) is 50.0. The lowest BCUT2D eigenvalue weighted by Gasteiger charge is -2.29. The number of rotatable bonds is 2. The molecule has 154 valence electrons. The van der Waals surface area contributed by atoms with Crippen LogP contribution in [0.5, 0.6) is 0 Å². The van der Waals surface area contributed by atoms with Crippen LogP contribution in [0.4, 0.5) is 11.5 Å². The zero-order valence-corrected chi connectivity index (χ0v) is 16.6. The van der Waals surface area contributed by atoms with Crippen molar-refractivity contribution in [2.45, 2.75) is 5.92 Å². The van der Waals surface area contributed by atoms with E-state index in [1.165, 1.54) is 36.9 Å². The number of nitro groups is 1. The van der Waals surface area contributed by atoms with Crippen molar-refractivity contribution in [3.05, 3.63) is 107 Å². The number of Topliss-reactive ketones (excluding diaryl/α,β-unsaturated/α-hetero) is 1. The molecule has 3 aromatic rings. The van der Waals surface area contributed by atoms with Gasteiger partial charge in [-0.2, -0.15) is 0 Å². The van der Waals surface area contributed by atoms with Crippen molar-refractivity contribution < 1.29 is 9.72 Å². The number of anilines is 1. The Bertz CT molecular complexity index is 1480. The second-order valence-electron chi connectivity index (χ2n) is 7.54. The van der Waals surface area contributed by atoms with Crippen LogP contribution < -0.4 is 16.6 Å². The van der Waals surface area contributed by atoms with E-state index in [1.807, 2.05) is 0 Å². The third-order valence-electron chi connectivity index (χ3n) is 5.89. The van der Waals surface area contributed by atoms with E-state index in [0.717, 1.165) is 4.57 Å². The Morgan fingerprint density at radius 1 is 0.968 bits per heavy atom. The molecule has 31 heavy (non-hydrogen) atoms. The van der Waals surface area contributed by atoms with Gasteiger partial charge in [0.1, 0.15) is 5.82 Å². The fourth-order valence-electron chi connectivity index (χ4n) is 4.41. The molecule has 1 aliphatic carbocycles. The number of fused-ring (bicyclic) bond motifs is 3. The van der Waals surface area contributed by atoms with Crippen molar-refractivity contribution in [2.24, 2.45) is 14.1 Å². The number of carbonyl (C=O) groups is 1.